The summed E-state index contributed by atoms with van der Waals surface area (Å²) >= 11 is 4.85. The SMILES string of the molecule is COc1cc(/C=N/NC(=O)CSc2nc3ccccc3[nH]2)cc(Br)c1OCc1ccccc1. The molecule has 7 nitrogen and oxygen atoms in total. The number of carbonyl (C=O) groups excluding carboxylic acids is 1. The van der Waals surface area contributed by atoms with E-state index in [9.17, 15) is 4.79 Å². The Balaban J connectivity index is 1.33. The van der Waals surface area contributed by atoms with Gasteiger partial charge in [-0.1, -0.05) is 54.2 Å². The summed E-state index contributed by atoms with van der Waals surface area (Å²) in [7, 11) is 1.58. The molecule has 168 valence electrons. The molecule has 0 bridgehead atoms. The third kappa shape index (κ3) is 6.15. The molecule has 4 aromatic rings. The minimum atomic E-state index is -0.231. The number of benzene rings is 3. The van der Waals surface area contributed by atoms with Crippen molar-refractivity contribution in [1.82, 2.24) is 15.4 Å². The first-order valence-corrected chi connectivity index (χ1v) is 11.8. The second-order valence-corrected chi connectivity index (χ2v) is 8.77. The molecule has 0 fully saturated rings. The van der Waals surface area contributed by atoms with Gasteiger partial charge in [0.15, 0.2) is 16.7 Å². The maximum absolute atomic E-state index is 12.1. The molecule has 1 aromatic heterocycles. The number of imidazole rings is 1. The van der Waals surface area contributed by atoms with Gasteiger partial charge in [0.05, 0.1) is 34.6 Å². The van der Waals surface area contributed by atoms with Crippen LogP contribution in [0.5, 0.6) is 11.5 Å². The summed E-state index contributed by atoms with van der Waals surface area (Å²) in [5, 5.41) is 4.74. The lowest BCUT2D eigenvalue weighted by Gasteiger charge is -2.13. The number of amides is 1. The molecule has 9 heteroatoms. The number of aromatic nitrogens is 2. The van der Waals surface area contributed by atoms with Crippen LogP contribution in [0.4, 0.5) is 0 Å². The molecule has 1 amide bonds. The summed E-state index contributed by atoms with van der Waals surface area (Å²) in [6.45, 7) is 0.419. The number of nitrogens with zero attached hydrogens (tertiary/aromatic N) is 2. The van der Waals surface area contributed by atoms with E-state index in [0.717, 1.165) is 26.6 Å². The lowest BCUT2D eigenvalue weighted by molar-refractivity contribution is -0.118. The van der Waals surface area contributed by atoms with Gasteiger partial charge < -0.3 is 14.5 Å². The highest BCUT2D eigenvalue weighted by Gasteiger charge is 2.12. The highest BCUT2D eigenvalue weighted by atomic mass is 79.9. The molecule has 33 heavy (non-hydrogen) atoms. The van der Waals surface area contributed by atoms with Crippen LogP contribution < -0.4 is 14.9 Å². The van der Waals surface area contributed by atoms with Gasteiger partial charge in [0.2, 0.25) is 0 Å². The molecule has 0 radical (unpaired) electrons. The van der Waals surface area contributed by atoms with Crippen molar-refractivity contribution in [3.8, 4) is 11.5 Å². The predicted molar refractivity (Wildman–Crippen MR) is 134 cm³/mol. The second-order valence-electron chi connectivity index (χ2n) is 6.95. The van der Waals surface area contributed by atoms with Crippen molar-refractivity contribution in [3.05, 3.63) is 82.3 Å². The minimum Gasteiger partial charge on any atom is -0.493 e. The zero-order chi connectivity index (χ0) is 23.0. The summed E-state index contributed by atoms with van der Waals surface area (Å²) < 4.78 is 12.1. The van der Waals surface area contributed by atoms with Crippen molar-refractivity contribution < 1.29 is 14.3 Å². The Hall–Kier alpha value is -3.30. The molecule has 0 aliphatic carbocycles. The fourth-order valence-corrected chi connectivity index (χ4v) is 4.28. The van der Waals surface area contributed by atoms with E-state index >= 15 is 0 Å². The van der Waals surface area contributed by atoms with E-state index in [2.05, 4.69) is 36.4 Å². The van der Waals surface area contributed by atoms with Crippen molar-refractivity contribution in [1.29, 1.82) is 0 Å². The van der Waals surface area contributed by atoms with E-state index < -0.39 is 0 Å². The Bertz CT molecular complexity index is 1240. The number of ether oxygens (including phenoxy) is 2. The second kappa shape index (κ2) is 11.0. The van der Waals surface area contributed by atoms with E-state index in [1.54, 1.807) is 19.4 Å². The summed E-state index contributed by atoms with van der Waals surface area (Å²) in [6.07, 6.45) is 1.55. The summed E-state index contributed by atoms with van der Waals surface area (Å²) in [6, 6.07) is 21.3. The standard InChI is InChI=1S/C24H21BrN4O3S/c1-31-21-12-17(11-18(25)23(21)32-14-16-7-3-2-4-8-16)13-26-29-22(30)15-33-24-27-19-9-5-6-10-20(19)28-24/h2-13H,14-15H2,1H3,(H,27,28)(H,29,30)/b26-13+. The van der Waals surface area contributed by atoms with Gasteiger partial charge in [-0.3, -0.25) is 4.79 Å². The average Bonchev–Trinajstić information content (AvgIpc) is 3.25. The minimum absolute atomic E-state index is 0.191. The third-order valence-corrected chi connectivity index (χ3v) is 6.05. The number of rotatable bonds is 9. The molecular weight excluding hydrogens is 504 g/mol. The normalized spacial score (nSPS) is 11.1. The van der Waals surface area contributed by atoms with Crippen LogP contribution in [0, 0.1) is 0 Å². The van der Waals surface area contributed by atoms with Gasteiger partial charge >= 0.3 is 0 Å². The topological polar surface area (TPSA) is 88.6 Å². The lowest BCUT2D eigenvalue weighted by atomic mass is 10.2. The molecule has 2 N–H and O–H groups in total. The largest absolute Gasteiger partial charge is 0.493 e. The van der Waals surface area contributed by atoms with Crippen LogP contribution in [0.15, 0.2) is 81.5 Å². The van der Waals surface area contributed by atoms with Gasteiger partial charge in [-0.05, 0) is 51.3 Å². The molecule has 0 spiro atoms. The van der Waals surface area contributed by atoms with Crippen LogP contribution in [0.1, 0.15) is 11.1 Å². The van der Waals surface area contributed by atoms with Crippen LogP contribution in [0.3, 0.4) is 0 Å². The van der Waals surface area contributed by atoms with E-state index in [4.69, 9.17) is 9.47 Å². The molecule has 0 saturated heterocycles. The summed E-state index contributed by atoms with van der Waals surface area (Å²) in [5.41, 5.74) is 6.14. The molecule has 0 aliphatic rings. The van der Waals surface area contributed by atoms with E-state index in [1.807, 2.05) is 60.7 Å². The van der Waals surface area contributed by atoms with Gasteiger partial charge in [0.25, 0.3) is 5.91 Å². The Kier molecular flexibility index (Phi) is 7.64. The smallest absolute Gasteiger partial charge is 0.250 e. The Morgan fingerprint density at radius 3 is 2.76 bits per heavy atom. The van der Waals surface area contributed by atoms with Crippen LogP contribution in [0.25, 0.3) is 11.0 Å². The van der Waals surface area contributed by atoms with Crippen LogP contribution in [-0.2, 0) is 11.4 Å². The number of hydrogen-bond donors (Lipinski definition) is 2. The Labute approximate surface area is 203 Å². The first-order valence-electron chi connectivity index (χ1n) is 10.1. The van der Waals surface area contributed by atoms with Gasteiger partial charge in [0, 0.05) is 0 Å². The molecular formula is C24H21BrN4O3S. The third-order valence-electron chi connectivity index (χ3n) is 4.59. The number of aromatic amines is 1. The number of hydrazone groups is 1. The number of fused-ring (bicyclic) bond motifs is 1. The zero-order valence-electron chi connectivity index (χ0n) is 17.7. The average molecular weight is 525 g/mol. The number of thioether (sulfide) groups is 1. The van der Waals surface area contributed by atoms with E-state index in [-0.39, 0.29) is 11.7 Å². The van der Waals surface area contributed by atoms with Gasteiger partial charge in [-0.25, -0.2) is 10.4 Å². The number of para-hydroxylation sites is 2. The van der Waals surface area contributed by atoms with Crippen molar-refractivity contribution in [3.63, 3.8) is 0 Å². The van der Waals surface area contributed by atoms with Gasteiger partial charge in [0.1, 0.15) is 6.61 Å². The number of methoxy groups -OCH3 is 1. The van der Waals surface area contributed by atoms with Crippen molar-refractivity contribution in [2.45, 2.75) is 11.8 Å². The molecule has 3 aromatic carbocycles. The molecule has 1 heterocycles. The maximum atomic E-state index is 12.1. The molecule has 4 rings (SSSR count). The zero-order valence-corrected chi connectivity index (χ0v) is 20.2. The molecule has 0 aliphatic heterocycles. The monoisotopic (exact) mass is 524 g/mol. The number of H-pyrrole nitrogens is 1. The highest BCUT2D eigenvalue weighted by Crippen LogP contribution is 2.36. The van der Waals surface area contributed by atoms with Crippen molar-refractivity contribution in [2.24, 2.45) is 5.10 Å². The highest BCUT2D eigenvalue weighted by molar-refractivity contribution is 9.10. The summed E-state index contributed by atoms with van der Waals surface area (Å²) in [4.78, 5) is 19.8. The van der Waals surface area contributed by atoms with E-state index in [1.165, 1.54) is 11.8 Å². The number of carbonyl (C=O) groups is 1. The Morgan fingerprint density at radius 2 is 1.97 bits per heavy atom. The van der Waals surface area contributed by atoms with Gasteiger partial charge in [-0.2, -0.15) is 5.10 Å². The maximum Gasteiger partial charge on any atom is 0.250 e. The van der Waals surface area contributed by atoms with E-state index in [0.29, 0.717) is 23.3 Å². The molecule has 0 saturated carbocycles. The first kappa shape index (κ1) is 22.9. The van der Waals surface area contributed by atoms with Crippen molar-refractivity contribution in [2.75, 3.05) is 12.9 Å². The van der Waals surface area contributed by atoms with Crippen LogP contribution >= 0.6 is 27.7 Å². The predicted octanol–water partition coefficient (Wildman–Crippen LogP) is 5.16. The molecule has 0 unspecified atom stereocenters. The number of hydrogen-bond acceptors (Lipinski definition) is 6. The van der Waals surface area contributed by atoms with Crippen LogP contribution in [0.2, 0.25) is 0 Å². The van der Waals surface area contributed by atoms with Crippen LogP contribution in [-0.4, -0.2) is 35.0 Å². The first-order chi connectivity index (χ1) is 16.1. The molecule has 0 atom stereocenters. The Morgan fingerprint density at radius 1 is 1.18 bits per heavy atom. The lowest BCUT2D eigenvalue weighted by Crippen LogP contribution is -2.19. The van der Waals surface area contributed by atoms with Crippen molar-refractivity contribution >= 4 is 50.8 Å². The van der Waals surface area contributed by atoms with Gasteiger partial charge in [-0.15, -0.1) is 0 Å². The fourth-order valence-electron chi connectivity index (χ4n) is 3.03. The quantitative estimate of drug-likeness (QED) is 0.179. The summed E-state index contributed by atoms with van der Waals surface area (Å²) in [5.74, 6) is 1.13. The number of nitrogens with one attached hydrogen (secondary N) is 2. The fraction of sp³-hybridized carbons (Fsp3) is 0.125. The number of halogens is 1.